The Kier molecular flexibility index (Phi) is 8.94. The summed E-state index contributed by atoms with van der Waals surface area (Å²) in [6.07, 6.45) is 0. The average molecular weight is 778 g/mol. The Morgan fingerprint density at radius 1 is 0.534 bits per heavy atom. The summed E-state index contributed by atoms with van der Waals surface area (Å²) in [4.78, 5) is 9.88. The summed E-state index contributed by atoms with van der Waals surface area (Å²) in [5.74, 6) is 1.90. The van der Waals surface area contributed by atoms with Crippen molar-refractivity contribution in [2.24, 2.45) is 7.05 Å². The summed E-state index contributed by atoms with van der Waals surface area (Å²) in [7, 11) is -2.14. The van der Waals surface area contributed by atoms with Crippen molar-refractivity contribution in [2.45, 2.75) is 5.78 Å². The number of para-hydroxylation sites is 6. The molecule has 58 heavy (non-hydrogen) atoms. The van der Waals surface area contributed by atoms with Crippen LogP contribution in [0.1, 0.15) is 11.3 Å². The second kappa shape index (κ2) is 14.7. The van der Waals surface area contributed by atoms with Gasteiger partial charge in [0.15, 0.2) is 5.78 Å². The van der Waals surface area contributed by atoms with Gasteiger partial charge in [0.25, 0.3) is 0 Å². The first kappa shape index (κ1) is 35.2. The highest BCUT2D eigenvalue weighted by Gasteiger charge is 2.41. The molecule has 9 nitrogen and oxygen atoms in total. The zero-order valence-corrected chi connectivity index (χ0v) is 32.2. The Morgan fingerprint density at radius 3 is 1.64 bits per heavy atom. The molecule has 1 atom stereocenters. The molecule has 2 N–H and O–H groups in total. The first-order valence-electron chi connectivity index (χ1n) is 18.9. The summed E-state index contributed by atoms with van der Waals surface area (Å²) in [6, 6.07) is 57.8. The predicted octanol–water partition coefficient (Wildman–Crippen LogP) is 12.3. The number of aromatic nitrogens is 3. The lowest BCUT2D eigenvalue weighted by Gasteiger charge is -2.29. The van der Waals surface area contributed by atoms with Crippen LogP contribution >= 0.6 is 7.60 Å². The summed E-state index contributed by atoms with van der Waals surface area (Å²) in [5, 5.41) is 3.75. The molecule has 0 fully saturated rings. The van der Waals surface area contributed by atoms with E-state index in [1.807, 2.05) is 147 Å². The molecule has 8 aromatic rings. The van der Waals surface area contributed by atoms with Crippen molar-refractivity contribution in [1.29, 1.82) is 0 Å². The van der Waals surface area contributed by atoms with Gasteiger partial charge in [-0.2, -0.15) is 0 Å². The first-order chi connectivity index (χ1) is 28.5. The SMILES string of the molecule is Cn1c2nc3ccccc3c-2c(Oc2ccc(C(NNc3c4ccccc4nc4ccccc34)P(=O)(Oc3ccccc3)Oc3ccccc3)cc2)c2ccccc21. The minimum absolute atomic E-state index is 0.400. The number of hydrazine groups is 1. The summed E-state index contributed by atoms with van der Waals surface area (Å²) >= 11 is 0. The fourth-order valence-corrected chi connectivity index (χ4v) is 9.37. The lowest BCUT2D eigenvalue weighted by molar-refractivity contribution is 0.365. The molecule has 2 aliphatic heterocycles. The van der Waals surface area contributed by atoms with E-state index in [0.717, 1.165) is 60.7 Å². The minimum atomic E-state index is -4.17. The third-order valence-corrected chi connectivity index (χ3v) is 12.3. The molecule has 0 radical (unpaired) electrons. The molecule has 0 spiro atoms. The summed E-state index contributed by atoms with van der Waals surface area (Å²) in [6.45, 7) is 0. The van der Waals surface area contributed by atoms with Crippen LogP contribution in [0.2, 0.25) is 0 Å². The number of hydrogen-bond acceptors (Lipinski definition) is 8. The van der Waals surface area contributed by atoms with Crippen LogP contribution in [0.15, 0.2) is 182 Å². The van der Waals surface area contributed by atoms with Crippen LogP contribution in [0.3, 0.4) is 0 Å². The largest absolute Gasteiger partial charge is 0.456 e. The van der Waals surface area contributed by atoms with Gasteiger partial charge in [0.2, 0.25) is 0 Å². The van der Waals surface area contributed by atoms with E-state index in [1.165, 1.54) is 0 Å². The molecule has 2 aliphatic rings. The number of hydrogen-bond donors (Lipinski definition) is 2. The fourth-order valence-electron chi connectivity index (χ4n) is 7.53. The van der Waals surface area contributed by atoms with Crippen LogP contribution in [-0.4, -0.2) is 14.5 Å². The number of anilines is 1. The fraction of sp³-hybridized carbons (Fsp3) is 0.0417. The van der Waals surface area contributed by atoms with Crippen molar-refractivity contribution < 1.29 is 18.3 Å². The summed E-state index contributed by atoms with van der Waals surface area (Å²) < 4.78 is 37.4. The Hall–Kier alpha value is -7.19. The highest BCUT2D eigenvalue weighted by molar-refractivity contribution is 7.55. The van der Waals surface area contributed by atoms with E-state index in [2.05, 4.69) is 33.6 Å². The molecule has 0 saturated heterocycles. The van der Waals surface area contributed by atoms with Gasteiger partial charge in [0, 0.05) is 28.6 Å². The molecule has 282 valence electrons. The van der Waals surface area contributed by atoms with Crippen LogP contribution in [0.4, 0.5) is 5.69 Å². The number of rotatable bonds is 11. The van der Waals surface area contributed by atoms with E-state index in [0.29, 0.717) is 28.6 Å². The maximum Gasteiger partial charge on any atom is 0.453 e. The van der Waals surface area contributed by atoms with E-state index in [-0.39, 0.29) is 0 Å². The molecule has 0 amide bonds. The molecule has 10 rings (SSSR count). The second-order valence-electron chi connectivity index (χ2n) is 13.9. The van der Waals surface area contributed by atoms with Crippen LogP contribution in [0.5, 0.6) is 23.0 Å². The smallest absolute Gasteiger partial charge is 0.453 e. The van der Waals surface area contributed by atoms with Crippen molar-refractivity contribution in [2.75, 3.05) is 5.43 Å². The van der Waals surface area contributed by atoms with E-state index in [4.69, 9.17) is 23.8 Å². The monoisotopic (exact) mass is 777 g/mol. The van der Waals surface area contributed by atoms with Crippen molar-refractivity contribution in [3.8, 4) is 34.4 Å². The molecule has 0 saturated carbocycles. The predicted molar refractivity (Wildman–Crippen MR) is 232 cm³/mol. The number of pyridine rings is 2. The number of benzene rings is 7. The average Bonchev–Trinajstić information content (AvgIpc) is 3.66. The molecular weight excluding hydrogens is 742 g/mol. The van der Waals surface area contributed by atoms with Crippen molar-refractivity contribution in [1.82, 2.24) is 20.0 Å². The Bertz CT molecular complexity index is 3000. The van der Waals surface area contributed by atoms with Crippen molar-refractivity contribution in [3.63, 3.8) is 0 Å². The van der Waals surface area contributed by atoms with Gasteiger partial charge in [-0.25, -0.2) is 20.0 Å². The standard InChI is InChI=1S/C48H36N5O4P/c1-53-43-27-15-11-23-39(43)46(44-36-20-8-12-24-40(36)50-47(44)53)55-33-30-28-32(29-31-33)48(58(54,56-34-16-4-2-5-17-34)57-35-18-6-3-7-19-35)52-51-45-37-21-9-13-25-41(37)49-42-26-14-10-22-38(42)45/h2-31,48,52H,1H3,(H,49,51). The summed E-state index contributed by atoms with van der Waals surface area (Å²) in [5.41, 5.74) is 12.7. The van der Waals surface area contributed by atoms with E-state index >= 15 is 4.57 Å². The molecular formula is C48H36N5O4P. The molecule has 10 heteroatoms. The third-order valence-electron chi connectivity index (χ3n) is 10.3. The van der Waals surface area contributed by atoms with E-state index in [9.17, 15) is 0 Å². The third kappa shape index (κ3) is 6.42. The Morgan fingerprint density at radius 2 is 1.03 bits per heavy atom. The number of nitrogens with one attached hydrogen (secondary N) is 2. The Labute approximate surface area is 334 Å². The molecule has 7 aromatic carbocycles. The first-order valence-corrected chi connectivity index (χ1v) is 20.6. The Balaban J connectivity index is 1.09. The highest BCUT2D eigenvalue weighted by atomic mass is 31.2. The van der Waals surface area contributed by atoms with E-state index in [1.54, 1.807) is 24.3 Å². The quantitative estimate of drug-likeness (QED) is 0.0761. The molecule has 1 unspecified atom stereocenters. The van der Waals surface area contributed by atoms with Gasteiger partial charge in [-0.05, 0) is 72.3 Å². The van der Waals surface area contributed by atoms with Gasteiger partial charge < -0.3 is 23.8 Å². The number of aryl methyl sites for hydroxylation is 1. The minimum Gasteiger partial charge on any atom is -0.456 e. The van der Waals surface area contributed by atoms with Gasteiger partial charge in [-0.15, -0.1) is 0 Å². The van der Waals surface area contributed by atoms with Crippen LogP contribution in [0.25, 0.3) is 55.0 Å². The van der Waals surface area contributed by atoms with Crippen LogP contribution in [0, 0.1) is 0 Å². The van der Waals surface area contributed by atoms with Gasteiger partial charge in [0.05, 0.1) is 33.3 Å². The molecule has 0 aliphatic carbocycles. The second-order valence-corrected chi connectivity index (χ2v) is 15.9. The van der Waals surface area contributed by atoms with Gasteiger partial charge in [0.1, 0.15) is 28.8 Å². The van der Waals surface area contributed by atoms with Crippen LogP contribution < -0.4 is 24.6 Å². The van der Waals surface area contributed by atoms with E-state index < -0.39 is 13.4 Å². The van der Waals surface area contributed by atoms with Gasteiger partial charge >= 0.3 is 7.60 Å². The number of nitrogens with zero attached hydrogens (tertiary/aromatic N) is 3. The lowest BCUT2D eigenvalue weighted by atomic mass is 10.1. The topological polar surface area (TPSA) is 99.5 Å². The number of fused-ring (bicyclic) bond motifs is 6. The van der Waals surface area contributed by atoms with Crippen LogP contribution in [-0.2, 0) is 11.6 Å². The molecule has 1 aromatic heterocycles. The zero-order chi connectivity index (χ0) is 39.1. The maximum atomic E-state index is 15.6. The maximum absolute atomic E-state index is 15.6. The van der Waals surface area contributed by atoms with Gasteiger partial charge in [-0.3, -0.25) is 0 Å². The number of ether oxygens (including phenoxy) is 1. The lowest BCUT2D eigenvalue weighted by Crippen LogP contribution is -2.30. The highest BCUT2D eigenvalue weighted by Crippen LogP contribution is 2.59. The molecule has 0 bridgehead atoms. The van der Waals surface area contributed by atoms with Crippen molar-refractivity contribution >= 4 is 56.9 Å². The zero-order valence-electron chi connectivity index (χ0n) is 31.3. The van der Waals surface area contributed by atoms with Gasteiger partial charge in [-0.1, -0.05) is 115 Å². The molecule has 3 heterocycles. The van der Waals surface area contributed by atoms with Crippen molar-refractivity contribution in [3.05, 3.63) is 188 Å². The normalized spacial score (nSPS) is 12.3.